The molecule has 2 aliphatic rings. The molecule has 7 heteroatoms. The molecule has 1 fully saturated rings. The van der Waals surface area contributed by atoms with Gasteiger partial charge >= 0.3 is 0 Å². The molecule has 1 aromatic heterocycles. The van der Waals surface area contributed by atoms with Gasteiger partial charge in [0.05, 0.1) is 0 Å². The van der Waals surface area contributed by atoms with Gasteiger partial charge in [-0.05, 0) is 43.2 Å². The predicted molar refractivity (Wildman–Crippen MR) is 121 cm³/mol. The number of ketones is 1. The smallest absolute Gasteiger partial charge is 0.223 e. The Kier molecular flexibility index (Phi) is 7.37. The summed E-state index contributed by atoms with van der Waals surface area (Å²) in [7, 11) is 1.87. The highest BCUT2D eigenvalue weighted by Crippen LogP contribution is 2.31. The number of nitrogens with zero attached hydrogens (tertiary/aromatic N) is 3. The molecule has 0 aliphatic carbocycles. The van der Waals surface area contributed by atoms with Crippen LogP contribution in [0.25, 0.3) is 0 Å². The molecule has 1 aromatic carbocycles. The van der Waals surface area contributed by atoms with Crippen molar-refractivity contribution in [3.63, 3.8) is 0 Å². The number of carbonyl (C=O) groups excluding carboxylic acids is 2. The van der Waals surface area contributed by atoms with Gasteiger partial charge in [0, 0.05) is 69.4 Å². The van der Waals surface area contributed by atoms with Crippen molar-refractivity contribution in [2.45, 2.75) is 38.1 Å². The number of hydrogen-bond donors (Lipinski definition) is 0. The standard InChI is InChI=1S/C25H31N3O4/c1-27(21-10-14-28(15-11-21)13-9-20-4-2-3-12-26-20)25(30)8-6-22(29)19-5-7-23-24(18-19)32-17-16-31-23/h2-5,7,12,18,21H,6,8-11,13-17H2,1H3. The lowest BCUT2D eigenvalue weighted by molar-refractivity contribution is -0.132. The van der Waals surface area contributed by atoms with Crippen LogP contribution in [0.1, 0.15) is 41.7 Å². The molecule has 0 unspecified atom stereocenters. The first-order valence-electron chi connectivity index (χ1n) is 11.4. The Balaban J connectivity index is 1.20. The molecule has 0 N–H and O–H groups in total. The monoisotopic (exact) mass is 437 g/mol. The van der Waals surface area contributed by atoms with Crippen LogP contribution in [0.4, 0.5) is 0 Å². The number of fused-ring (bicyclic) bond motifs is 1. The van der Waals surface area contributed by atoms with Crippen molar-refractivity contribution in [3.8, 4) is 11.5 Å². The summed E-state index contributed by atoms with van der Waals surface area (Å²) in [5, 5.41) is 0. The summed E-state index contributed by atoms with van der Waals surface area (Å²) < 4.78 is 11.0. The summed E-state index contributed by atoms with van der Waals surface area (Å²) in [5.41, 5.74) is 1.68. The van der Waals surface area contributed by atoms with Gasteiger partial charge in [0.2, 0.25) is 5.91 Å². The van der Waals surface area contributed by atoms with Gasteiger partial charge < -0.3 is 19.3 Å². The highest BCUT2D eigenvalue weighted by molar-refractivity contribution is 5.98. The van der Waals surface area contributed by atoms with E-state index in [-0.39, 0.29) is 30.6 Å². The third-order valence-corrected chi connectivity index (χ3v) is 6.34. The number of ether oxygens (including phenoxy) is 2. The largest absolute Gasteiger partial charge is 0.486 e. The van der Waals surface area contributed by atoms with Crippen molar-refractivity contribution >= 4 is 11.7 Å². The fourth-order valence-electron chi connectivity index (χ4n) is 4.31. The van der Waals surface area contributed by atoms with Gasteiger partial charge in [-0.2, -0.15) is 0 Å². The van der Waals surface area contributed by atoms with Crippen LogP contribution in [-0.4, -0.2) is 72.4 Å². The number of likely N-dealkylation sites (tertiary alicyclic amines) is 1. The van der Waals surface area contributed by atoms with E-state index < -0.39 is 0 Å². The van der Waals surface area contributed by atoms with Crippen molar-refractivity contribution in [1.29, 1.82) is 0 Å². The Morgan fingerprint density at radius 2 is 1.84 bits per heavy atom. The average molecular weight is 438 g/mol. The van der Waals surface area contributed by atoms with E-state index in [0.717, 1.165) is 44.6 Å². The fourth-order valence-corrected chi connectivity index (χ4v) is 4.31. The normalized spacial score (nSPS) is 16.5. The summed E-state index contributed by atoms with van der Waals surface area (Å²) >= 11 is 0. The van der Waals surface area contributed by atoms with E-state index in [4.69, 9.17) is 9.47 Å². The van der Waals surface area contributed by atoms with Crippen LogP contribution < -0.4 is 9.47 Å². The lowest BCUT2D eigenvalue weighted by Crippen LogP contribution is -2.46. The Hall–Kier alpha value is -2.93. The van der Waals surface area contributed by atoms with Gasteiger partial charge in [0.1, 0.15) is 13.2 Å². The third-order valence-electron chi connectivity index (χ3n) is 6.34. The van der Waals surface area contributed by atoms with Crippen molar-refractivity contribution in [1.82, 2.24) is 14.8 Å². The molecule has 0 bridgehead atoms. The van der Waals surface area contributed by atoms with Crippen LogP contribution in [0.3, 0.4) is 0 Å². The first-order valence-corrected chi connectivity index (χ1v) is 11.4. The summed E-state index contributed by atoms with van der Waals surface area (Å²) in [6.07, 6.45) is 5.12. The molecule has 32 heavy (non-hydrogen) atoms. The van der Waals surface area contributed by atoms with Gasteiger partial charge in [-0.15, -0.1) is 0 Å². The maximum atomic E-state index is 12.7. The number of rotatable bonds is 8. The fraction of sp³-hybridized carbons (Fsp3) is 0.480. The van der Waals surface area contributed by atoms with Crippen molar-refractivity contribution < 1.29 is 19.1 Å². The quantitative estimate of drug-likeness (QED) is 0.592. The highest BCUT2D eigenvalue weighted by atomic mass is 16.6. The Bertz CT molecular complexity index is 926. The van der Waals surface area contributed by atoms with Crippen molar-refractivity contribution in [3.05, 3.63) is 53.9 Å². The maximum Gasteiger partial charge on any atom is 0.223 e. The minimum atomic E-state index is -0.0481. The van der Waals surface area contributed by atoms with Gasteiger partial charge in [0.15, 0.2) is 17.3 Å². The average Bonchev–Trinajstić information content (AvgIpc) is 2.86. The second-order valence-electron chi connectivity index (χ2n) is 8.43. The molecular weight excluding hydrogens is 406 g/mol. The number of aromatic nitrogens is 1. The van der Waals surface area contributed by atoms with Crippen molar-refractivity contribution in [2.24, 2.45) is 0 Å². The number of Topliss-reactive ketones (excluding diaryl/α,β-unsaturated/α-hetero) is 1. The topological polar surface area (TPSA) is 72.0 Å². The molecule has 0 saturated carbocycles. The van der Waals surface area contributed by atoms with E-state index in [0.29, 0.717) is 30.3 Å². The third kappa shape index (κ3) is 5.65. The van der Waals surface area contributed by atoms with Gasteiger partial charge in [-0.25, -0.2) is 0 Å². The number of piperidine rings is 1. The SMILES string of the molecule is CN(C(=O)CCC(=O)c1ccc2c(c1)OCCO2)C1CCN(CCc2ccccn2)CC1. The number of carbonyl (C=O) groups is 2. The van der Waals surface area contributed by atoms with Crippen molar-refractivity contribution in [2.75, 3.05) is 39.9 Å². The van der Waals surface area contributed by atoms with E-state index in [9.17, 15) is 9.59 Å². The van der Waals surface area contributed by atoms with Crippen LogP contribution in [-0.2, 0) is 11.2 Å². The lowest BCUT2D eigenvalue weighted by atomic mass is 10.0. The molecule has 0 spiro atoms. The van der Waals surface area contributed by atoms with Gasteiger partial charge in [-0.3, -0.25) is 14.6 Å². The summed E-state index contributed by atoms with van der Waals surface area (Å²) in [4.78, 5) is 34.0. The zero-order valence-corrected chi connectivity index (χ0v) is 18.7. The molecule has 3 heterocycles. The molecule has 0 radical (unpaired) electrons. The first kappa shape index (κ1) is 22.3. The number of pyridine rings is 1. The van der Waals surface area contributed by atoms with E-state index >= 15 is 0 Å². The Labute approximate surface area is 189 Å². The van der Waals surface area contributed by atoms with E-state index in [2.05, 4.69) is 16.0 Å². The van der Waals surface area contributed by atoms with E-state index in [1.165, 1.54) is 0 Å². The van der Waals surface area contributed by atoms with Gasteiger partial charge in [-0.1, -0.05) is 6.07 Å². The summed E-state index contributed by atoms with van der Waals surface area (Å²) in [6.45, 7) is 3.95. The molecule has 1 amide bonds. The molecule has 1 saturated heterocycles. The van der Waals surface area contributed by atoms with Crippen LogP contribution in [0.5, 0.6) is 11.5 Å². The molecule has 4 rings (SSSR count). The Morgan fingerprint density at radius 1 is 1.06 bits per heavy atom. The second kappa shape index (κ2) is 10.6. The molecule has 2 aromatic rings. The highest BCUT2D eigenvalue weighted by Gasteiger charge is 2.25. The molecule has 170 valence electrons. The summed E-state index contributed by atoms with van der Waals surface area (Å²) in [5.74, 6) is 1.24. The zero-order chi connectivity index (χ0) is 22.3. The minimum absolute atomic E-state index is 0.0304. The lowest BCUT2D eigenvalue weighted by Gasteiger charge is -2.36. The summed E-state index contributed by atoms with van der Waals surface area (Å²) in [6, 6.07) is 11.5. The molecular formula is C25H31N3O4. The van der Waals surface area contributed by atoms with E-state index in [1.807, 2.05) is 30.3 Å². The first-order chi connectivity index (χ1) is 15.6. The Morgan fingerprint density at radius 3 is 2.59 bits per heavy atom. The van der Waals surface area contributed by atoms with Crippen LogP contribution in [0.15, 0.2) is 42.6 Å². The molecule has 2 aliphatic heterocycles. The van der Waals surface area contributed by atoms with Gasteiger partial charge in [0.25, 0.3) is 0 Å². The molecule has 0 atom stereocenters. The second-order valence-corrected chi connectivity index (χ2v) is 8.43. The predicted octanol–water partition coefficient (Wildman–Crippen LogP) is 2.98. The van der Waals surface area contributed by atoms with Crippen LogP contribution in [0.2, 0.25) is 0 Å². The number of amides is 1. The van der Waals surface area contributed by atoms with Crippen LogP contribution >= 0.6 is 0 Å². The zero-order valence-electron chi connectivity index (χ0n) is 18.7. The number of hydrogen-bond acceptors (Lipinski definition) is 6. The minimum Gasteiger partial charge on any atom is -0.486 e. The van der Waals surface area contributed by atoms with Crippen LogP contribution in [0, 0.1) is 0 Å². The maximum absolute atomic E-state index is 12.7. The van der Waals surface area contributed by atoms with E-state index in [1.54, 1.807) is 18.2 Å². The molecule has 7 nitrogen and oxygen atoms in total. The number of benzene rings is 1.